The third kappa shape index (κ3) is 4.63. The molecule has 6 heteroatoms. The highest BCUT2D eigenvalue weighted by molar-refractivity contribution is 5.94. The van der Waals surface area contributed by atoms with Gasteiger partial charge in [0, 0.05) is 37.7 Å². The molecule has 0 saturated heterocycles. The summed E-state index contributed by atoms with van der Waals surface area (Å²) in [5.41, 5.74) is 6.06. The maximum atomic E-state index is 12.6. The summed E-state index contributed by atoms with van der Waals surface area (Å²) in [6.45, 7) is 6.64. The monoisotopic (exact) mass is 427 g/mol. The zero-order valence-corrected chi connectivity index (χ0v) is 18.4. The first-order chi connectivity index (χ1) is 15.4. The molecule has 1 aromatic heterocycles. The number of hydrogen-bond acceptors (Lipinski definition) is 5. The highest BCUT2D eigenvalue weighted by Crippen LogP contribution is 2.35. The minimum absolute atomic E-state index is 0.126. The standard InChI is InChI=1S/C26H25N3O3/c1-17-24-23(16-31-26(2,3)32-24)22(15-29-17)12-13-28-25(30)21-10-8-20(9-11-21)19-6-4-18(14-27)5-7-19/h4-11,15H,12-13,16H2,1-3H3,(H,28,30). The van der Waals surface area contributed by atoms with Gasteiger partial charge in [-0.3, -0.25) is 9.78 Å². The number of fused-ring (bicyclic) bond motifs is 1. The number of hydrogen-bond donors (Lipinski definition) is 1. The molecule has 1 amide bonds. The van der Waals surface area contributed by atoms with Gasteiger partial charge in [-0.2, -0.15) is 5.26 Å². The number of benzene rings is 2. The first kappa shape index (κ1) is 21.5. The van der Waals surface area contributed by atoms with Crippen LogP contribution in [-0.2, 0) is 17.8 Å². The number of amides is 1. The van der Waals surface area contributed by atoms with Crippen molar-refractivity contribution in [3.05, 3.63) is 82.7 Å². The van der Waals surface area contributed by atoms with Crippen molar-refractivity contribution in [2.75, 3.05) is 6.54 Å². The van der Waals surface area contributed by atoms with Gasteiger partial charge >= 0.3 is 0 Å². The second kappa shape index (κ2) is 8.81. The van der Waals surface area contributed by atoms with Gasteiger partial charge in [0.15, 0.2) is 0 Å². The Kier molecular flexibility index (Phi) is 5.93. The summed E-state index contributed by atoms with van der Waals surface area (Å²) in [6.07, 6.45) is 2.47. The Morgan fingerprint density at radius 1 is 1.12 bits per heavy atom. The summed E-state index contributed by atoms with van der Waals surface area (Å²) in [5, 5.41) is 11.9. The Hall–Kier alpha value is -3.69. The van der Waals surface area contributed by atoms with Crippen LogP contribution in [0.2, 0.25) is 0 Å². The largest absolute Gasteiger partial charge is 0.461 e. The van der Waals surface area contributed by atoms with Crippen molar-refractivity contribution in [3.8, 4) is 22.9 Å². The van der Waals surface area contributed by atoms with Gasteiger partial charge in [0.2, 0.25) is 5.79 Å². The predicted octanol–water partition coefficient (Wildman–Crippen LogP) is 4.55. The average Bonchev–Trinajstić information content (AvgIpc) is 2.80. The van der Waals surface area contributed by atoms with Crippen molar-refractivity contribution in [1.29, 1.82) is 5.26 Å². The molecule has 0 atom stereocenters. The van der Waals surface area contributed by atoms with E-state index < -0.39 is 5.79 Å². The Labute approximate surface area is 187 Å². The quantitative estimate of drug-likeness (QED) is 0.646. The predicted molar refractivity (Wildman–Crippen MR) is 121 cm³/mol. The Balaban J connectivity index is 1.38. The van der Waals surface area contributed by atoms with Crippen LogP contribution >= 0.6 is 0 Å². The van der Waals surface area contributed by atoms with Crippen molar-refractivity contribution in [2.45, 2.75) is 39.6 Å². The van der Waals surface area contributed by atoms with Crippen LogP contribution in [0.4, 0.5) is 0 Å². The molecule has 6 nitrogen and oxygen atoms in total. The van der Waals surface area contributed by atoms with E-state index in [1.807, 2.05) is 63.4 Å². The van der Waals surface area contributed by atoms with Crippen LogP contribution in [0.15, 0.2) is 54.7 Å². The van der Waals surface area contributed by atoms with E-state index in [4.69, 9.17) is 14.7 Å². The number of pyridine rings is 1. The van der Waals surface area contributed by atoms with Crippen LogP contribution in [0, 0.1) is 18.3 Å². The summed E-state index contributed by atoms with van der Waals surface area (Å²) < 4.78 is 11.8. The fraction of sp³-hybridized carbons (Fsp3) is 0.269. The lowest BCUT2D eigenvalue weighted by atomic mass is 10.0. The highest BCUT2D eigenvalue weighted by atomic mass is 16.7. The van der Waals surface area contributed by atoms with Crippen molar-refractivity contribution < 1.29 is 14.3 Å². The molecule has 0 bridgehead atoms. The van der Waals surface area contributed by atoms with Crippen molar-refractivity contribution in [3.63, 3.8) is 0 Å². The molecule has 162 valence electrons. The average molecular weight is 428 g/mol. The minimum atomic E-state index is -0.670. The molecular weight excluding hydrogens is 402 g/mol. The Morgan fingerprint density at radius 2 is 1.78 bits per heavy atom. The molecule has 0 aliphatic carbocycles. The molecule has 0 saturated carbocycles. The third-order valence-corrected chi connectivity index (χ3v) is 5.49. The summed E-state index contributed by atoms with van der Waals surface area (Å²) in [4.78, 5) is 17.0. The lowest BCUT2D eigenvalue weighted by Crippen LogP contribution is -2.36. The molecule has 1 aliphatic rings. The van der Waals surface area contributed by atoms with E-state index in [1.54, 1.807) is 12.1 Å². The summed E-state index contributed by atoms with van der Waals surface area (Å²) in [6, 6.07) is 16.9. The molecule has 1 aliphatic heterocycles. The lowest BCUT2D eigenvalue weighted by molar-refractivity contribution is -0.180. The van der Waals surface area contributed by atoms with E-state index in [2.05, 4.69) is 16.4 Å². The first-order valence-electron chi connectivity index (χ1n) is 10.6. The molecule has 0 unspecified atom stereocenters. The lowest BCUT2D eigenvalue weighted by Gasteiger charge is -2.34. The summed E-state index contributed by atoms with van der Waals surface area (Å²) in [7, 11) is 0. The normalized spacial score (nSPS) is 14.1. The minimum Gasteiger partial charge on any atom is -0.461 e. The van der Waals surface area contributed by atoms with Gasteiger partial charge in [-0.15, -0.1) is 0 Å². The third-order valence-electron chi connectivity index (χ3n) is 5.49. The number of nitrogens with one attached hydrogen (secondary N) is 1. The van der Waals surface area contributed by atoms with Gasteiger partial charge in [-0.1, -0.05) is 24.3 Å². The Bertz CT molecular complexity index is 1180. The van der Waals surface area contributed by atoms with Crippen molar-refractivity contribution in [2.24, 2.45) is 0 Å². The van der Waals surface area contributed by atoms with Crippen LogP contribution in [-0.4, -0.2) is 23.2 Å². The molecule has 2 aromatic carbocycles. The smallest absolute Gasteiger partial charge is 0.251 e. The van der Waals surface area contributed by atoms with E-state index in [1.165, 1.54) is 0 Å². The fourth-order valence-corrected chi connectivity index (χ4v) is 3.67. The number of carbonyl (C=O) groups is 1. The highest BCUT2D eigenvalue weighted by Gasteiger charge is 2.30. The molecule has 2 heterocycles. The van der Waals surface area contributed by atoms with Gasteiger partial charge in [-0.05, 0) is 54.3 Å². The van der Waals surface area contributed by atoms with E-state index in [9.17, 15) is 4.79 Å². The number of nitriles is 1. The van der Waals surface area contributed by atoms with Gasteiger partial charge in [0.1, 0.15) is 5.75 Å². The van der Waals surface area contributed by atoms with Gasteiger partial charge in [-0.25, -0.2) is 0 Å². The van der Waals surface area contributed by atoms with Gasteiger partial charge < -0.3 is 14.8 Å². The number of rotatable bonds is 5. The van der Waals surface area contributed by atoms with Crippen molar-refractivity contribution in [1.82, 2.24) is 10.3 Å². The Morgan fingerprint density at radius 3 is 2.44 bits per heavy atom. The fourth-order valence-electron chi connectivity index (χ4n) is 3.67. The maximum Gasteiger partial charge on any atom is 0.251 e. The van der Waals surface area contributed by atoms with Gasteiger partial charge in [0.25, 0.3) is 5.91 Å². The van der Waals surface area contributed by atoms with Crippen LogP contribution in [0.1, 0.15) is 46.6 Å². The zero-order chi connectivity index (χ0) is 22.7. The molecule has 1 N–H and O–H groups in total. The van der Waals surface area contributed by atoms with Crippen LogP contribution in [0.25, 0.3) is 11.1 Å². The molecule has 0 fully saturated rings. The maximum absolute atomic E-state index is 12.6. The van der Waals surface area contributed by atoms with Crippen molar-refractivity contribution >= 4 is 5.91 Å². The molecular formula is C26H25N3O3. The van der Waals surface area contributed by atoms with E-state index in [0.29, 0.717) is 30.7 Å². The second-order valence-electron chi connectivity index (χ2n) is 8.24. The summed E-state index contributed by atoms with van der Waals surface area (Å²) >= 11 is 0. The van der Waals surface area contributed by atoms with Crippen LogP contribution in [0.3, 0.4) is 0 Å². The molecule has 0 spiro atoms. The van der Waals surface area contributed by atoms with E-state index in [0.717, 1.165) is 33.7 Å². The SMILES string of the molecule is Cc1ncc(CCNC(=O)c2ccc(-c3ccc(C#N)cc3)cc2)c2c1OC(C)(C)OC2. The topological polar surface area (TPSA) is 84.2 Å². The first-order valence-corrected chi connectivity index (χ1v) is 10.6. The summed E-state index contributed by atoms with van der Waals surface area (Å²) in [5.74, 6) is -0.0154. The number of aryl methyl sites for hydroxylation is 1. The molecule has 0 radical (unpaired) electrons. The molecule has 3 aromatic rings. The number of nitrogens with zero attached hydrogens (tertiary/aromatic N) is 2. The second-order valence-corrected chi connectivity index (χ2v) is 8.24. The van der Waals surface area contributed by atoms with Crippen LogP contribution in [0.5, 0.6) is 5.75 Å². The number of aromatic nitrogens is 1. The number of ether oxygens (including phenoxy) is 2. The van der Waals surface area contributed by atoms with E-state index >= 15 is 0 Å². The van der Waals surface area contributed by atoms with Crippen LogP contribution < -0.4 is 10.1 Å². The number of carbonyl (C=O) groups excluding carboxylic acids is 1. The van der Waals surface area contributed by atoms with E-state index in [-0.39, 0.29) is 5.91 Å². The zero-order valence-electron chi connectivity index (χ0n) is 18.4. The molecule has 4 rings (SSSR count). The molecule has 32 heavy (non-hydrogen) atoms. The van der Waals surface area contributed by atoms with Gasteiger partial charge in [0.05, 0.1) is 23.9 Å².